The number of nitrogens with zero attached hydrogens (tertiary/aromatic N) is 1. The minimum Gasteiger partial charge on any atom is -0.733 e. The number of rotatable bonds is 5. The molecule has 0 amide bonds. The standard InChI is InChI=1S/C22H19Cl2N2O3/c23-19(13-7-3-1-4-8-13)20(24)16-11-15-17(12-18(16)26(28)29)25-21(22(15)27)14-9-5-2-6-10-14/h1-12,19-22,25,27-28H/q-1/t19-,20+,21+,22-/m1/s1. The summed E-state index contributed by atoms with van der Waals surface area (Å²) in [6, 6.07) is 21.5. The maximum Gasteiger partial charge on any atom is 0.105 e. The van der Waals surface area contributed by atoms with Crippen LogP contribution >= 0.6 is 23.2 Å². The summed E-state index contributed by atoms with van der Waals surface area (Å²) in [4.78, 5) is 0. The van der Waals surface area contributed by atoms with Gasteiger partial charge in [-0.2, -0.15) is 0 Å². The van der Waals surface area contributed by atoms with Crippen molar-refractivity contribution in [1.29, 1.82) is 0 Å². The maximum atomic E-state index is 11.8. The molecule has 0 aliphatic carbocycles. The molecule has 4 rings (SSSR count). The molecule has 0 saturated heterocycles. The van der Waals surface area contributed by atoms with Crippen LogP contribution in [0.3, 0.4) is 0 Å². The van der Waals surface area contributed by atoms with E-state index < -0.39 is 16.9 Å². The first-order chi connectivity index (χ1) is 14.0. The van der Waals surface area contributed by atoms with Crippen LogP contribution in [0.5, 0.6) is 0 Å². The van der Waals surface area contributed by atoms with Gasteiger partial charge in [-0.25, -0.2) is 0 Å². The molecule has 0 aromatic heterocycles. The van der Waals surface area contributed by atoms with E-state index in [1.54, 1.807) is 6.07 Å². The first-order valence-electron chi connectivity index (χ1n) is 9.14. The van der Waals surface area contributed by atoms with Crippen molar-refractivity contribution in [3.63, 3.8) is 0 Å². The number of anilines is 2. The summed E-state index contributed by atoms with van der Waals surface area (Å²) in [7, 11) is 0. The lowest BCUT2D eigenvalue weighted by Gasteiger charge is -2.29. The molecule has 7 heteroatoms. The minimum absolute atomic E-state index is 0.0151. The summed E-state index contributed by atoms with van der Waals surface area (Å²) in [5, 5.41) is 34.0. The first-order valence-corrected chi connectivity index (χ1v) is 10.0. The van der Waals surface area contributed by atoms with Gasteiger partial charge in [0, 0.05) is 11.3 Å². The quantitative estimate of drug-likeness (QED) is 0.350. The van der Waals surface area contributed by atoms with Gasteiger partial charge < -0.3 is 20.9 Å². The topological polar surface area (TPSA) is 78.8 Å². The Bertz CT molecular complexity index is 986. The lowest BCUT2D eigenvalue weighted by atomic mass is 9.95. The van der Waals surface area contributed by atoms with Crippen molar-refractivity contribution in [3.8, 4) is 0 Å². The van der Waals surface area contributed by atoms with E-state index in [0.29, 0.717) is 16.8 Å². The molecule has 3 aromatic rings. The van der Waals surface area contributed by atoms with Crippen LogP contribution in [0.2, 0.25) is 0 Å². The van der Waals surface area contributed by atoms with Gasteiger partial charge in [-0.15, -0.1) is 23.2 Å². The smallest absolute Gasteiger partial charge is 0.105 e. The number of hydrogen-bond donors (Lipinski definition) is 3. The SMILES string of the molecule is [O-]N(O)c1cc2c(cc1[C@H](Cl)[C@H](Cl)c1ccccc1)[C@@H](O)[C@H](c1ccccc1)N2. The van der Waals surface area contributed by atoms with Crippen molar-refractivity contribution in [2.24, 2.45) is 0 Å². The second kappa shape index (κ2) is 8.22. The van der Waals surface area contributed by atoms with Crippen LogP contribution in [-0.4, -0.2) is 10.3 Å². The minimum atomic E-state index is -0.839. The number of hydrogen-bond acceptors (Lipinski definition) is 5. The third-order valence-corrected chi connectivity index (χ3v) is 6.30. The Morgan fingerprint density at radius 3 is 2.17 bits per heavy atom. The molecule has 29 heavy (non-hydrogen) atoms. The molecule has 0 radical (unpaired) electrons. The van der Waals surface area contributed by atoms with Crippen molar-refractivity contribution in [1.82, 2.24) is 0 Å². The van der Waals surface area contributed by atoms with Gasteiger partial charge in [0.1, 0.15) is 6.10 Å². The van der Waals surface area contributed by atoms with Gasteiger partial charge in [0.25, 0.3) is 0 Å². The average Bonchev–Trinajstić information content (AvgIpc) is 3.08. The van der Waals surface area contributed by atoms with E-state index in [9.17, 15) is 15.5 Å². The highest BCUT2D eigenvalue weighted by Gasteiger charge is 2.34. The van der Waals surface area contributed by atoms with Crippen LogP contribution in [0.4, 0.5) is 11.4 Å². The lowest BCUT2D eigenvalue weighted by molar-refractivity contribution is 0.164. The Morgan fingerprint density at radius 1 is 0.931 bits per heavy atom. The monoisotopic (exact) mass is 429 g/mol. The summed E-state index contributed by atoms with van der Waals surface area (Å²) in [6.07, 6.45) is -0.839. The molecular weight excluding hydrogens is 411 g/mol. The number of aliphatic hydroxyl groups excluding tert-OH is 1. The number of aliphatic hydroxyl groups is 1. The normalized spacial score (nSPS) is 19.9. The lowest BCUT2D eigenvalue weighted by Crippen LogP contribution is -2.13. The molecule has 150 valence electrons. The molecule has 0 bridgehead atoms. The van der Waals surface area contributed by atoms with E-state index in [-0.39, 0.29) is 17.0 Å². The summed E-state index contributed by atoms with van der Waals surface area (Å²) in [5.41, 5.74) is 3.19. The molecule has 4 atom stereocenters. The highest BCUT2D eigenvalue weighted by molar-refractivity contribution is 6.30. The third-order valence-electron chi connectivity index (χ3n) is 5.18. The van der Waals surface area contributed by atoms with Crippen LogP contribution in [0, 0.1) is 5.21 Å². The van der Waals surface area contributed by atoms with Gasteiger partial charge in [-0.1, -0.05) is 60.7 Å². The summed E-state index contributed by atoms with van der Waals surface area (Å²) in [6.45, 7) is 0. The number of halogens is 2. The number of benzene rings is 3. The van der Waals surface area contributed by atoms with E-state index in [1.165, 1.54) is 6.07 Å². The van der Waals surface area contributed by atoms with Crippen molar-refractivity contribution in [3.05, 3.63) is 100 Å². The Kier molecular flexibility index (Phi) is 5.67. The Morgan fingerprint density at radius 2 is 1.55 bits per heavy atom. The molecule has 3 N–H and O–H groups in total. The fraction of sp³-hybridized carbons (Fsp3) is 0.182. The van der Waals surface area contributed by atoms with E-state index in [1.807, 2.05) is 60.7 Å². The highest BCUT2D eigenvalue weighted by Crippen LogP contribution is 2.49. The van der Waals surface area contributed by atoms with Crippen molar-refractivity contribution >= 4 is 34.6 Å². The zero-order valence-corrected chi connectivity index (χ0v) is 16.8. The largest absolute Gasteiger partial charge is 0.733 e. The van der Waals surface area contributed by atoms with Crippen molar-refractivity contribution < 1.29 is 10.3 Å². The Labute approximate surface area is 178 Å². The number of nitrogens with one attached hydrogen (secondary N) is 1. The van der Waals surface area contributed by atoms with Gasteiger partial charge in [-0.05, 0) is 28.8 Å². The molecule has 0 saturated carbocycles. The fourth-order valence-electron chi connectivity index (χ4n) is 3.69. The molecular formula is C22H19Cl2N2O3-. The van der Waals surface area contributed by atoms with Crippen LogP contribution in [-0.2, 0) is 0 Å². The maximum absolute atomic E-state index is 11.8. The molecule has 0 spiro atoms. The number of alkyl halides is 2. The predicted octanol–water partition coefficient (Wildman–Crippen LogP) is 5.84. The second-order valence-corrected chi connectivity index (χ2v) is 7.90. The first kappa shape index (κ1) is 20.0. The third kappa shape index (κ3) is 3.80. The molecule has 0 fully saturated rings. The molecule has 5 nitrogen and oxygen atoms in total. The zero-order valence-electron chi connectivity index (χ0n) is 15.2. The van der Waals surface area contributed by atoms with Crippen LogP contribution in [0.15, 0.2) is 72.8 Å². The predicted molar refractivity (Wildman–Crippen MR) is 115 cm³/mol. The Hall–Kier alpha value is -2.28. The molecule has 1 aliphatic heterocycles. The van der Waals surface area contributed by atoms with Crippen LogP contribution in [0.1, 0.15) is 45.2 Å². The van der Waals surface area contributed by atoms with Crippen molar-refractivity contribution in [2.45, 2.75) is 22.9 Å². The van der Waals surface area contributed by atoms with E-state index in [2.05, 4.69) is 5.32 Å². The highest BCUT2D eigenvalue weighted by atomic mass is 35.5. The molecule has 3 aromatic carbocycles. The summed E-state index contributed by atoms with van der Waals surface area (Å²) >= 11 is 13.2. The van der Waals surface area contributed by atoms with E-state index in [0.717, 1.165) is 11.1 Å². The van der Waals surface area contributed by atoms with Crippen LogP contribution < -0.4 is 10.5 Å². The number of fused-ring (bicyclic) bond motifs is 1. The second-order valence-electron chi connectivity index (χ2n) is 6.96. The summed E-state index contributed by atoms with van der Waals surface area (Å²) in [5.74, 6) is 0. The van der Waals surface area contributed by atoms with Gasteiger partial charge in [-0.3, -0.25) is 5.21 Å². The van der Waals surface area contributed by atoms with E-state index >= 15 is 0 Å². The van der Waals surface area contributed by atoms with Gasteiger partial charge in [0.05, 0.1) is 22.5 Å². The fourth-order valence-corrected chi connectivity index (χ4v) is 4.30. The van der Waals surface area contributed by atoms with E-state index in [4.69, 9.17) is 23.2 Å². The van der Waals surface area contributed by atoms with Gasteiger partial charge in [0.2, 0.25) is 0 Å². The average molecular weight is 430 g/mol. The van der Waals surface area contributed by atoms with Gasteiger partial charge in [0.15, 0.2) is 0 Å². The molecule has 1 aliphatic rings. The zero-order chi connectivity index (χ0) is 20.5. The summed E-state index contributed by atoms with van der Waals surface area (Å²) < 4.78 is 0. The molecule has 0 unspecified atom stereocenters. The van der Waals surface area contributed by atoms with Crippen LogP contribution in [0.25, 0.3) is 0 Å². The Balaban J connectivity index is 1.73. The van der Waals surface area contributed by atoms with Crippen molar-refractivity contribution in [2.75, 3.05) is 10.5 Å². The molecule has 1 heterocycles. The van der Waals surface area contributed by atoms with Gasteiger partial charge >= 0.3 is 0 Å².